The van der Waals surface area contributed by atoms with Crippen molar-refractivity contribution >= 4 is 5.97 Å². The smallest absolute Gasteiger partial charge is 0.313 e. The maximum Gasteiger partial charge on any atom is 0.313 e. The monoisotopic (exact) mass is 504 g/mol. The van der Waals surface area contributed by atoms with Gasteiger partial charge in [-0.05, 0) is 91.4 Å². The summed E-state index contributed by atoms with van der Waals surface area (Å²) in [5.41, 5.74) is -1.21. The Kier molecular flexibility index (Phi) is 6.90. The molecule has 0 bridgehead atoms. The first-order valence-corrected chi connectivity index (χ1v) is 13.9. The van der Waals surface area contributed by atoms with Gasteiger partial charge in [0.25, 0.3) is 0 Å². The number of rotatable bonds is 6. The van der Waals surface area contributed by atoms with Gasteiger partial charge in [-0.3, -0.25) is 4.79 Å². The van der Waals surface area contributed by atoms with Crippen LogP contribution < -0.4 is 0 Å². The topological polar surface area (TPSA) is 118 Å². The molecule has 4 aliphatic rings. The summed E-state index contributed by atoms with van der Waals surface area (Å²) in [5, 5.41) is 52.4. The zero-order chi connectivity index (χ0) is 26.9. The molecule has 0 radical (unpaired) electrons. The molecular weight excluding hydrogens is 456 g/mol. The lowest BCUT2D eigenvalue weighted by molar-refractivity contribution is -0.230. The van der Waals surface area contributed by atoms with Gasteiger partial charge in [-0.2, -0.15) is 0 Å². The number of fused-ring (bicyclic) bond motifs is 5. The second kappa shape index (κ2) is 8.93. The minimum absolute atomic E-state index is 0.0425. The van der Waals surface area contributed by atoms with Crippen molar-refractivity contribution < 1.29 is 30.3 Å². The van der Waals surface area contributed by atoms with Crippen molar-refractivity contribution in [3.63, 3.8) is 0 Å². The van der Waals surface area contributed by atoms with Crippen molar-refractivity contribution in [3.8, 4) is 0 Å². The van der Waals surface area contributed by atoms with E-state index in [9.17, 15) is 30.3 Å². The van der Waals surface area contributed by atoms with Gasteiger partial charge < -0.3 is 25.5 Å². The molecule has 204 valence electrons. The van der Waals surface area contributed by atoms with Gasteiger partial charge in [0.1, 0.15) is 0 Å². The number of carboxylic acids is 1. The van der Waals surface area contributed by atoms with E-state index in [1.54, 1.807) is 6.92 Å². The highest BCUT2D eigenvalue weighted by atomic mass is 16.4. The van der Waals surface area contributed by atoms with Crippen molar-refractivity contribution in [1.29, 1.82) is 0 Å². The lowest BCUT2D eigenvalue weighted by Gasteiger charge is -2.69. The molecule has 5 N–H and O–H groups in total. The molecule has 0 unspecified atom stereocenters. The molecule has 0 amide bonds. The summed E-state index contributed by atoms with van der Waals surface area (Å²) in [5.74, 6) is -0.518. The van der Waals surface area contributed by atoms with E-state index in [-0.39, 0.29) is 40.6 Å². The summed E-state index contributed by atoms with van der Waals surface area (Å²) < 4.78 is 0. The Morgan fingerprint density at radius 1 is 1.11 bits per heavy atom. The van der Waals surface area contributed by atoms with Crippen LogP contribution in [0.15, 0.2) is 23.8 Å². The number of aliphatic carboxylic acids is 1. The molecule has 4 aliphatic carbocycles. The predicted molar refractivity (Wildman–Crippen MR) is 139 cm³/mol. The molecule has 2 saturated carbocycles. The van der Waals surface area contributed by atoms with E-state index in [4.69, 9.17) is 0 Å². The van der Waals surface area contributed by atoms with Gasteiger partial charge in [0.05, 0.1) is 30.3 Å². The standard InChI is InChI=1S/C30H48O6/c1-18(19(2)32)9-12-30(25(35)36)14-13-28(5)20(15-30)7-8-23-26(3)16-21(33)24(34)27(4,17-31)22(26)10-11-29(23,28)6/h7-8,15,18-19,21-24,31-34H,9-14,16-17H2,1-6H3,(H,35,36)/t18-,19+,21-,22-,23-,24+,26+,27-,28-,29-,30+/m1/s1. The summed E-state index contributed by atoms with van der Waals surface area (Å²) in [4.78, 5) is 12.6. The normalized spacial score (nSPS) is 49.8. The predicted octanol–water partition coefficient (Wildman–Crippen LogP) is 4.31. The van der Waals surface area contributed by atoms with Crippen molar-refractivity contribution in [3.05, 3.63) is 23.8 Å². The van der Waals surface area contributed by atoms with Crippen LogP contribution >= 0.6 is 0 Å². The number of aliphatic hydroxyl groups is 4. The van der Waals surface area contributed by atoms with Crippen molar-refractivity contribution in [2.24, 2.45) is 44.8 Å². The Morgan fingerprint density at radius 2 is 1.78 bits per heavy atom. The molecule has 4 rings (SSSR count). The van der Waals surface area contributed by atoms with Crippen LogP contribution in [0.3, 0.4) is 0 Å². The van der Waals surface area contributed by atoms with Crippen molar-refractivity contribution in [2.75, 3.05) is 6.61 Å². The Labute approximate surface area is 216 Å². The summed E-state index contributed by atoms with van der Waals surface area (Å²) >= 11 is 0. The average molecular weight is 505 g/mol. The second-order valence-electron chi connectivity index (χ2n) is 13.9. The summed E-state index contributed by atoms with van der Waals surface area (Å²) in [7, 11) is 0. The molecule has 0 spiro atoms. The largest absolute Gasteiger partial charge is 0.481 e. The average Bonchev–Trinajstić information content (AvgIpc) is 2.81. The maximum absolute atomic E-state index is 12.6. The molecule has 6 heteroatoms. The van der Waals surface area contributed by atoms with Crippen LogP contribution in [0.1, 0.15) is 86.5 Å². The fraction of sp³-hybridized carbons (Fsp3) is 0.833. The minimum atomic E-state index is -0.946. The molecule has 11 atom stereocenters. The second-order valence-corrected chi connectivity index (χ2v) is 13.9. The fourth-order valence-electron chi connectivity index (χ4n) is 9.08. The Morgan fingerprint density at radius 3 is 2.36 bits per heavy atom. The van der Waals surface area contributed by atoms with Gasteiger partial charge >= 0.3 is 5.97 Å². The fourth-order valence-corrected chi connectivity index (χ4v) is 9.08. The lowest BCUT2D eigenvalue weighted by Crippen LogP contribution is -2.66. The highest BCUT2D eigenvalue weighted by Gasteiger charge is 2.68. The Bertz CT molecular complexity index is 942. The van der Waals surface area contributed by atoms with Crippen LogP contribution in [-0.4, -0.2) is 56.4 Å². The molecule has 0 aliphatic heterocycles. The Hall–Kier alpha value is -1.21. The number of carboxylic acid groups (broad SMARTS) is 1. The first-order chi connectivity index (χ1) is 16.6. The number of carbonyl (C=O) groups is 1. The number of hydrogen-bond acceptors (Lipinski definition) is 5. The number of aliphatic hydroxyl groups excluding tert-OH is 4. The van der Waals surface area contributed by atoms with Crippen LogP contribution in [0.25, 0.3) is 0 Å². The third-order valence-corrected chi connectivity index (χ3v) is 12.1. The summed E-state index contributed by atoms with van der Waals surface area (Å²) in [6.07, 6.45) is 8.91. The summed E-state index contributed by atoms with van der Waals surface area (Å²) in [6, 6.07) is 0. The zero-order valence-electron chi connectivity index (χ0n) is 23.0. The maximum atomic E-state index is 12.6. The van der Waals surface area contributed by atoms with Crippen LogP contribution in [0.4, 0.5) is 0 Å². The van der Waals surface area contributed by atoms with Gasteiger partial charge in [0, 0.05) is 5.41 Å². The van der Waals surface area contributed by atoms with Gasteiger partial charge in [0.2, 0.25) is 0 Å². The quantitative estimate of drug-likeness (QED) is 0.368. The summed E-state index contributed by atoms with van der Waals surface area (Å²) in [6.45, 7) is 12.4. The molecule has 0 aromatic heterocycles. The molecule has 0 heterocycles. The lowest BCUT2D eigenvalue weighted by atomic mass is 9.36. The van der Waals surface area contributed by atoms with Crippen molar-refractivity contribution in [2.45, 2.75) is 105 Å². The van der Waals surface area contributed by atoms with E-state index >= 15 is 0 Å². The molecule has 0 aromatic rings. The van der Waals surface area contributed by atoms with E-state index in [1.807, 2.05) is 19.9 Å². The number of allylic oxidation sites excluding steroid dienone is 3. The van der Waals surface area contributed by atoms with E-state index in [0.29, 0.717) is 25.7 Å². The van der Waals surface area contributed by atoms with E-state index in [2.05, 4.69) is 32.9 Å². The Balaban J connectivity index is 1.75. The zero-order valence-corrected chi connectivity index (χ0v) is 23.0. The van der Waals surface area contributed by atoms with Crippen LogP contribution in [-0.2, 0) is 4.79 Å². The van der Waals surface area contributed by atoms with Crippen LogP contribution in [0, 0.1) is 44.8 Å². The highest BCUT2D eigenvalue weighted by molar-refractivity contribution is 5.78. The van der Waals surface area contributed by atoms with Gasteiger partial charge in [0.15, 0.2) is 0 Å². The van der Waals surface area contributed by atoms with Crippen LogP contribution in [0.5, 0.6) is 0 Å². The van der Waals surface area contributed by atoms with Gasteiger partial charge in [-0.25, -0.2) is 0 Å². The molecule has 0 saturated heterocycles. The molecular formula is C30H48O6. The third-order valence-electron chi connectivity index (χ3n) is 12.1. The molecule has 0 aromatic carbocycles. The van der Waals surface area contributed by atoms with E-state index in [1.165, 1.54) is 0 Å². The van der Waals surface area contributed by atoms with E-state index in [0.717, 1.165) is 24.8 Å². The minimum Gasteiger partial charge on any atom is -0.481 e. The van der Waals surface area contributed by atoms with Gasteiger partial charge in [-0.1, -0.05) is 52.8 Å². The highest BCUT2D eigenvalue weighted by Crippen LogP contribution is 2.72. The van der Waals surface area contributed by atoms with Crippen molar-refractivity contribution in [1.82, 2.24) is 0 Å². The van der Waals surface area contributed by atoms with Crippen LogP contribution in [0.2, 0.25) is 0 Å². The number of hydrogen-bond donors (Lipinski definition) is 5. The first kappa shape index (κ1) is 27.8. The van der Waals surface area contributed by atoms with Gasteiger partial charge in [-0.15, -0.1) is 0 Å². The first-order valence-electron chi connectivity index (χ1n) is 13.9. The third kappa shape index (κ3) is 3.69. The molecule has 2 fully saturated rings. The van der Waals surface area contributed by atoms with E-state index < -0.39 is 35.1 Å². The SMILES string of the molecule is C[C@H](O)[C@H](C)CC[C@@]1(C(=O)O)C=C2C=C[C@@H]3[C@@]4(C)C[C@@H](O)[C@H](O)[C@](C)(CO)[C@@H]4CC[C@@]3(C)[C@]2(C)CC1. The molecule has 36 heavy (non-hydrogen) atoms. The molecule has 6 nitrogen and oxygen atoms in total.